The van der Waals surface area contributed by atoms with Gasteiger partial charge in [-0.1, -0.05) is 6.07 Å². The first-order valence-electron chi connectivity index (χ1n) is 8.23. The van der Waals surface area contributed by atoms with Crippen LogP contribution in [0, 0.1) is 0 Å². The number of carbonyl (C=O) groups excluding carboxylic acids is 1. The summed E-state index contributed by atoms with van der Waals surface area (Å²) in [7, 11) is 0. The molecule has 24 heavy (non-hydrogen) atoms. The van der Waals surface area contributed by atoms with E-state index in [0.29, 0.717) is 32.7 Å². The molecule has 1 amide bonds. The highest BCUT2D eigenvalue weighted by Crippen LogP contribution is 2.27. The van der Waals surface area contributed by atoms with Gasteiger partial charge >= 0.3 is 0 Å². The molecule has 0 spiro atoms. The second-order valence-electron chi connectivity index (χ2n) is 6.11. The number of ether oxygens (including phenoxy) is 1. The molecule has 0 unspecified atom stereocenters. The van der Waals surface area contributed by atoms with Crippen molar-refractivity contribution in [3.63, 3.8) is 0 Å². The highest BCUT2D eigenvalue weighted by molar-refractivity contribution is 5.85. The summed E-state index contributed by atoms with van der Waals surface area (Å²) in [5.41, 5.74) is 9.09. The zero-order chi connectivity index (χ0) is 15.4. The maximum Gasteiger partial charge on any atom is 0.227 e. The van der Waals surface area contributed by atoms with Gasteiger partial charge in [-0.3, -0.25) is 4.79 Å². The Morgan fingerprint density at radius 2 is 1.71 bits per heavy atom. The van der Waals surface area contributed by atoms with Gasteiger partial charge in [0.1, 0.15) is 0 Å². The predicted molar refractivity (Wildman–Crippen MR) is 103 cm³/mol. The summed E-state index contributed by atoms with van der Waals surface area (Å²) in [4.78, 5) is 16.6. The van der Waals surface area contributed by atoms with Crippen molar-refractivity contribution in [1.82, 2.24) is 4.90 Å². The van der Waals surface area contributed by atoms with Gasteiger partial charge in [0.15, 0.2) is 0 Å². The lowest BCUT2D eigenvalue weighted by molar-refractivity contribution is -0.134. The van der Waals surface area contributed by atoms with E-state index < -0.39 is 0 Å². The molecule has 1 aromatic carbocycles. The van der Waals surface area contributed by atoms with Gasteiger partial charge in [0, 0.05) is 26.2 Å². The number of carbonyl (C=O) groups is 1. The largest absolute Gasteiger partial charge is 0.397 e. The Morgan fingerprint density at radius 1 is 1.04 bits per heavy atom. The third-order valence-electron chi connectivity index (χ3n) is 4.51. The van der Waals surface area contributed by atoms with Crippen LogP contribution in [-0.2, 0) is 16.0 Å². The minimum atomic E-state index is 0. The molecular formula is C17H27Cl2N3O2. The van der Waals surface area contributed by atoms with Gasteiger partial charge in [0.25, 0.3) is 0 Å². The monoisotopic (exact) mass is 375 g/mol. The van der Waals surface area contributed by atoms with E-state index >= 15 is 0 Å². The van der Waals surface area contributed by atoms with Gasteiger partial charge in [-0.2, -0.15) is 0 Å². The maximum absolute atomic E-state index is 12.4. The Morgan fingerprint density at radius 3 is 2.38 bits per heavy atom. The van der Waals surface area contributed by atoms with Gasteiger partial charge in [-0.25, -0.2) is 0 Å². The highest BCUT2D eigenvalue weighted by atomic mass is 35.5. The molecule has 2 aliphatic heterocycles. The number of piperidine rings is 1. The van der Waals surface area contributed by atoms with Crippen molar-refractivity contribution in [3.8, 4) is 0 Å². The Balaban J connectivity index is 0.00000144. The number of nitrogens with two attached hydrogens (primary N) is 1. The van der Waals surface area contributed by atoms with Crippen LogP contribution < -0.4 is 10.6 Å². The fourth-order valence-corrected chi connectivity index (χ4v) is 3.21. The SMILES string of the molecule is Cl.Cl.Nc1ccc(CC(=O)N2CCOCC2)cc1N1CCCCC1. The van der Waals surface area contributed by atoms with E-state index in [1.54, 1.807) is 0 Å². The normalized spacial score (nSPS) is 17.7. The van der Waals surface area contributed by atoms with Crippen LogP contribution in [0.25, 0.3) is 0 Å². The van der Waals surface area contributed by atoms with Crippen molar-refractivity contribution in [2.75, 3.05) is 50.0 Å². The molecule has 0 saturated carbocycles. The van der Waals surface area contributed by atoms with Gasteiger partial charge in [0.05, 0.1) is 31.0 Å². The van der Waals surface area contributed by atoms with E-state index in [1.165, 1.54) is 19.3 Å². The molecular weight excluding hydrogens is 349 g/mol. The zero-order valence-corrected chi connectivity index (χ0v) is 15.5. The molecule has 0 bridgehead atoms. The molecule has 0 radical (unpaired) electrons. The summed E-state index contributed by atoms with van der Waals surface area (Å²) in [6.45, 7) is 4.81. The fraction of sp³-hybridized carbons (Fsp3) is 0.588. The van der Waals surface area contributed by atoms with Crippen LogP contribution in [0.1, 0.15) is 24.8 Å². The number of rotatable bonds is 3. The zero-order valence-electron chi connectivity index (χ0n) is 13.9. The summed E-state index contributed by atoms with van der Waals surface area (Å²) in [5.74, 6) is 0.178. The van der Waals surface area contributed by atoms with Gasteiger partial charge in [-0.05, 0) is 37.0 Å². The standard InChI is InChI=1S/C17H25N3O2.2ClH/c18-15-5-4-14(12-16(15)19-6-2-1-3-7-19)13-17(21)20-8-10-22-11-9-20;;/h4-5,12H,1-3,6-11,13,18H2;2*1H. The minimum absolute atomic E-state index is 0. The van der Waals surface area contributed by atoms with Crippen LogP contribution in [-0.4, -0.2) is 50.2 Å². The number of anilines is 2. The number of halogens is 2. The summed E-state index contributed by atoms with van der Waals surface area (Å²) >= 11 is 0. The highest BCUT2D eigenvalue weighted by Gasteiger charge is 2.19. The van der Waals surface area contributed by atoms with Crippen molar-refractivity contribution in [3.05, 3.63) is 23.8 Å². The van der Waals surface area contributed by atoms with Crippen LogP contribution in [0.2, 0.25) is 0 Å². The number of nitrogen functional groups attached to an aromatic ring is 1. The molecule has 5 nitrogen and oxygen atoms in total. The first-order valence-corrected chi connectivity index (χ1v) is 8.23. The van der Waals surface area contributed by atoms with Crippen molar-refractivity contribution >= 4 is 42.1 Å². The van der Waals surface area contributed by atoms with Gasteiger partial charge < -0.3 is 20.3 Å². The van der Waals surface area contributed by atoms with Crippen molar-refractivity contribution in [2.45, 2.75) is 25.7 Å². The number of hydrogen-bond acceptors (Lipinski definition) is 4. The predicted octanol–water partition coefficient (Wildman–Crippen LogP) is 2.50. The van der Waals surface area contributed by atoms with E-state index in [9.17, 15) is 4.79 Å². The average Bonchev–Trinajstić information content (AvgIpc) is 2.58. The smallest absolute Gasteiger partial charge is 0.227 e. The van der Waals surface area contributed by atoms with Crippen LogP contribution in [0.15, 0.2) is 18.2 Å². The molecule has 1 aromatic rings. The molecule has 2 heterocycles. The average molecular weight is 376 g/mol. The van der Waals surface area contributed by atoms with Crippen molar-refractivity contribution in [1.29, 1.82) is 0 Å². The van der Waals surface area contributed by atoms with Crippen molar-refractivity contribution < 1.29 is 9.53 Å². The Kier molecular flexibility index (Phi) is 8.67. The fourth-order valence-electron chi connectivity index (χ4n) is 3.21. The molecule has 3 rings (SSSR count). The summed E-state index contributed by atoms with van der Waals surface area (Å²) in [6, 6.07) is 6.01. The first-order chi connectivity index (χ1) is 10.7. The van der Waals surface area contributed by atoms with Gasteiger partial charge in [0.2, 0.25) is 5.91 Å². The quantitative estimate of drug-likeness (QED) is 0.824. The second kappa shape index (κ2) is 9.97. The van der Waals surface area contributed by atoms with Gasteiger partial charge in [-0.15, -0.1) is 24.8 Å². The molecule has 0 aliphatic carbocycles. The topological polar surface area (TPSA) is 58.8 Å². The van der Waals surface area contributed by atoms with E-state index in [-0.39, 0.29) is 30.7 Å². The first kappa shape index (κ1) is 20.9. The molecule has 136 valence electrons. The number of nitrogens with zero attached hydrogens (tertiary/aromatic N) is 2. The van der Waals surface area contributed by atoms with Crippen LogP contribution in [0.5, 0.6) is 0 Å². The second-order valence-corrected chi connectivity index (χ2v) is 6.11. The molecule has 2 saturated heterocycles. The molecule has 7 heteroatoms. The van der Waals surface area contributed by atoms with E-state index in [0.717, 1.165) is 30.0 Å². The molecule has 2 aliphatic rings. The van der Waals surface area contributed by atoms with E-state index in [2.05, 4.69) is 11.0 Å². The number of amides is 1. The summed E-state index contributed by atoms with van der Waals surface area (Å²) in [5, 5.41) is 0. The lowest BCUT2D eigenvalue weighted by Crippen LogP contribution is -2.41. The lowest BCUT2D eigenvalue weighted by Gasteiger charge is -2.30. The van der Waals surface area contributed by atoms with E-state index in [4.69, 9.17) is 10.5 Å². The Bertz CT molecular complexity index is 531. The van der Waals surface area contributed by atoms with Crippen LogP contribution in [0.3, 0.4) is 0 Å². The number of morpholine rings is 1. The summed E-state index contributed by atoms with van der Waals surface area (Å²) in [6.07, 6.45) is 4.18. The molecule has 0 aromatic heterocycles. The number of hydrogen-bond donors (Lipinski definition) is 1. The molecule has 2 N–H and O–H groups in total. The third-order valence-corrected chi connectivity index (χ3v) is 4.51. The third kappa shape index (κ3) is 5.16. The lowest BCUT2D eigenvalue weighted by atomic mass is 10.1. The molecule has 0 atom stereocenters. The number of benzene rings is 1. The minimum Gasteiger partial charge on any atom is -0.397 e. The molecule has 2 fully saturated rings. The van der Waals surface area contributed by atoms with Crippen molar-refractivity contribution in [2.24, 2.45) is 0 Å². The summed E-state index contributed by atoms with van der Waals surface area (Å²) < 4.78 is 5.30. The van der Waals surface area contributed by atoms with Crippen LogP contribution >= 0.6 is 24.8 Å². The Hall–Kier alpha value is -1.17. The Labute approximate surface area is 156 Å². The van der Waals surface area contributed by atoms with Crippen LogP contribution in [0.4, 0.5) is 11.4 Å². The maximum atomic E-state index is 12.4. The van der Waals surface area contributed by atoms with E-state index in [1.807, 2.05) is 17.0 Å².